The van der Waals surface area contributed by atoms with Crippen LogP contribution in [0.5, 0.6) is 0 Å². The molecule has 0 radical (unpaired) electrons. The van der Waals surface area contributed by atoms with Crippen LogP contribution in [0.1, 0.15) is 10.4 Å². The third kappa shape index (κ3) is 4.27. The molecule has 34 heavy (non-hydrogen) atoms. The summed E-state index contributed by atoms with van der Waals surface area (Å²) in [6.07, 6.45) is 3.18. The molecule has 174 valence electrons. The van der Waals surface area contributed by atoms with Crippen molar-refractivity contribution in [3.63, 3.8) is 0 Å². The van der Waals surface area contributed by atoms with Crippen LogP contribution < -0.4 is 16.0 Å². The molecule has 2 aromatic heterocycles. The van der Waals surface area contributed by atoms with E-state index in [0.29, 0.717) is 27.4 Å². The second-order valence-electron chi connectivity index (χ2n) is 8.24. The molecule has 1 fully saturated rings. The van der Waals surface area contributed by atoms with Crippen LogP contribution in [-0.4, -0.2) is 58.6 Å². The highest BCUT2D eigenvalue weighted by Gasteiger charge is 2.19. The van der Waals surface area contributed by atoms with E-state index in [9.17, 15) is 4.79 Å². The lowest BCUT2D eigenvalue weighted by atomic mass is 10.2. The zero-order valence-corrected chi connectivity index (χ0v) is 20.0. The van der Waals surface area contributed by atoms with Gasteiger partial charge in [0.15, 0.2) is 5.82 Å². The molecule has 10 heteroatoms. The number of nitrogens with zero attached hydrogens (tertiary/aromatic N) is 5. The number of halogens is 2. The Morgan fingerprint density at radius 2 is 1.82 bits per heavy atom. The number of primary amides is 1. The van der Waals surface area contributed by atoms with Gasteiger partial charge >= 0.3 is 0 Å². The van der Waals surface area contributed by atoms with E-state index in [1.807, 2.05) is 42.5 Å². The standard InChI is InChI=1S/C24H23Cl2N7O/c1-31-8-10-32(11-9-31)21-12-15(6-7-18(21)25)29-24-28-13-19(26)23(30-24)33-14-17(22(27)34)16-4-2-3-5-20(16)33/h2-7,12-14H,8-11H2,1H3,(H2,27,34)(H,28,29,30). The first-order valence-electron chi connectivity index (χ1n) is 10.8. The summed E-state index contributed by atoms with van der Waals surface area (Å²) >= 11 is 13.0. The molecule has 0 atom stereocenters. The Kier molecular flexibility index (Phi) is 6.03. The SMILES string of the molecule is CN1CCN(c2cc(Nc3ncc(Cl)c(-n4cc(C(N)=O)c5ccccc54)n3)ccc2Cl)CC1. The minimum Gasteiger partial charge on any atom is -0.368 e. The van der Waals surface area contributed by atoms with E-state index in [1.165, 1.54) is 6.20 Å². The van der Waals surface area contributed by atoms with Gasteiger partial charge < -0.3 is 20.9 Å². The number of nitrogens with two attached hydrogens (primary N) is 1. The van der Waals surface area contributed by atoms with Crippen LogP contribution in [0.25, 0.3) is 16.7 Å². The van der Waals surface area contributed by atoms with Gasteiger partial charge in [-0.2, -0.15) is 4.98 Å². The molecule has 0 aliphatic carbocycles. The average Bonchev–Trinajstić information content (AvgIpc) is 3.22. The third-order valence-electron chi connectivity index (χ3n) is 5.98. The number of para-hydroxylation sites is 1. The van der Waals surface area contributed by atoms with Crippen molar-refractivity contribution in [3.8, 4) is 5.82 Å². The highest BCUT2D eigenvalue weighted by Crippen LogP contribution is 2.32. The third-order valence-corrected chi connectivity index (χ3v) is 6.56. The van der Waals surface area contributed by atoms with E-state index in [1.54, 1.807) is 10.8 Å². The summed E-state index contributed by atoms with van der Waals surface area (Å²) in [5, 5.41) is 5.03. The molecule has 0 bridgehead atoms. The van der Waals surface area contributed by atoms with E-state index in [0.717, 1.165) is 48.5 Å². The Labute approximate surface area is 206 Å². The number of amides is 1. The summed E-state index contributed by atoms with van der Waals surface area (Å²) in [4.78, 5) is 25.5. The van der Waals surface area contributed by atoms with Crippen molar-refractivity contribution in [1.82, 2.24) is 19.4 Å². The predicted molar refractivity (Wildman–Crippen MR) is 137 cm³/mol. The van der Waals surface area contributed by atoms with Crippen molar-refractivity contribution in [2.45, 2.75) is 0 Å². The first-order chi connectivity index (χ1) is 16.4. The zero-order valence-electron chi connectivity index (χ0n) is 18.5. The van der Waals surface area contributed by atoms with Crippen molar-refractivity contribution < 1.29 is 4.79 Å². The number of anilines is 3. The van der Waals surface area contributed by atoms with E-state index in [-0.39, 0.29) is 0 Å². The number of benzene rings is 2. The lowest BCUT2D eigenvalue weighted by Gasteiger charge is -2.34. The highest BCUT2D eigenvalue weighted by atomic mass is 35.5. The summed E-state index contributed by atoms with van der Waals surface area (Å²) < 4.78 is 1.75. The van der Waals surface area contributed by atoms with Gasteiger partial charge in [0.25, 0.3) is 5.91 Å². The van der Waals surface area contributed by atoms with E-state index in [2.05, 4.69) is 32.1 Å². The summed E-state index contributed by atoms with van der Waals surface area (Å²) in [5.74, 6) is 0.289. The number of hydrogen-bond donors (Lipinski definition) is 2. The smallest absolute Gasteiger partial charge is 0.250 e. The largest absolute Gasteiger partial charge is 0.368 e. The van der Waals surface area contributed by atoms with Crippen molar-refractivity contribution in [3.05, 3.63) is 70.5 Å². The molecule has 3 heterocycles. The Balaban J connectivity index is 1.49. The van der Waals surface area contributed by atoms with Crippen LogP contribution in [0.15, 0.2) is 54.9 Å². The summed E-state index contributed by atoms with van der Waals surface area (Å²) in [7, 11) is 2.12. The van der Waals surface area contributed by atoms with Crippen molar-refractivity contribution in [2.75, 3.05) is 43.4 Å². The van der Waals surface area contributed by atoms with Gasteiger partial charge in [-0.15, -0.1) is 0 Å². The minimum absolute atomic E-state index is 0.344. The van der Waals surface area contributed by atoms with Crippen LogP contribution in [-0.2, 0) is 0 Å². The van der Waals surface area contributed by atoms with Crippen LogP contribution in [0.4, 0.5) is 17.3 Å². The maximum atomic E-state index is 12.0. The Morgan fingerprint density at radius 1 is 1.06 bits per heavy atom. The van der Waals surface area contributed by atoms with Crippen LogP contribution in [0.3, 0.4) is 0 Å². The van der Waals surface area contributed by atoms with Crippen molar-refractivity contribution in [2.24, 2.45) is 5.73 Å². The molecule has 2 aromatic carbocycles. The van der Waals surface area contributed by atoms with Gasteiger partial charge in [-0.3, -0.25) is 9.36 Å². The molecule has 1 amide bonds. The number of carbonyl (C=O) groups excluding carboxylic acids is 1. The fraction of sp³-hybridized carbons (Fsp3) is 0.208. The first kappa shape index (κ1) is 22.5. The molecule has 0 spiro atoms. The fourth-order valence-electron chi connectivity index (χ4n) is 4.15. The predicted octanol–water partition coefficient (Wildman–Crippen LogP) is 4.32. The number of likely N-dealkylation sites (N-methyl/N-ethyl adjacent to an activating group) is 1. The molecule has 3 N–H and O–H groups in total. The molecular formula is C24H23Cl2N7O. The van der Waals surface area contributed by atoms with E-state index >= 15 is 0 Å². The number of nitrogens with one attached hydrogen (secondary N) is 1. The van der Waals surface area contributed by atoms with Gasteiger partial charge in [-0.1, -0.05) is 41.4 Å². The number of fused-ring (bicyclic) bond motifs is 1. The van der Waals surface area contributed by atoms with Gasteiger partial charge in [0.1, 0.15) is 5.02 Å². The number of aromatic nitrogens is 3. The lowest BCUT2D eigenvalue weighted by molar-refractivity contribution is 0.100. The second kappa shape index (κ2) is 9.13. The van der Waals surface area contributed by atoms with Crippen LogP contribution >= 0.6 is 23.2 Å². The van der Waals surface area contributed by atoms with Crippen molar-refractivity contribution >= 4 is 57.3 Å². The molecule has 4 aromatic rings. The number of rotatable bonds is 5. The molecule has 0 saturated carbocycles. The average molecular weight is 496 g/mol. The molecule has 5 rings (SSSR count). The highest BCUT2D eigenvalue weighted by molar-refractivity contribution is 6.33. The maximum Gasteiger partial charge on any atom is 0.250 e. The van der Waals surface area contributed by atoms with Gasteiger partial charge in [0.2, 0.25) is 5.95 Å². The molecule has 1 saturated heterocycles. The van der Waals surface area contributed by atoms with E-state index < -0.39 is 5.91 Å². The summed E-state index contributed by atoms with van der Waals surface area (Å²) in [5.41, 5.74) is 8.53. The number of piperazine rings is 1. The quantitative estimate of drug-likeness (QED) is 0.428. The number of hydrogen-bond acceptors (Lipinski definition) is 6. The Morgan fingerprint density at radius 3 is 2.59 bits per heavy atom. The van der Waals surface area contributed by atoms with E-state index in [4.69, 9.17) is 28.9 Å². The normalized spacial score (nSPS) is 14.5. The Bertz CT molecular complexity index is 1380. The number of carbonyl (C=O) groups is 1. The van der Waals surface area contributed by atoms with Gasteiger partial charge in [0, 0.05) is 43.4 Å². The van der Waals surface area contributed by atoms with Crippen LogP contribution in [0.2, 0.25) is 10.0 Å². The topological polar surface area (TPSA) is 92.3 Å². The molecule has 0 unspecified atom stereocenters. The van der Waals surface area contributed by atoms with Gasteiger partial charge in [-0.25, -0.2) is 4.98 Å². The minimum atomic E-state index is -0.518. The zero-order chi connectivity index (χ0) is 23.8. The van der Waals surface area contributed by atoms with Crippen LogP contribution in [0, 0.1) is 0 Å². The van der Waals surface area contributed by atoms with Crippen molar-refractivity contribution in [1.29, 1.82) is 0 Å². The molecular weight excluding hydrogens is 473 g/mol. The monoisotopic (exact) mass is 495 g/mol. The Hall–Kier alpha value is -3.33. The first-order valence-corrected chi connectivity index (χ1v) is 11.6. The summed E-state index contributed by atoms with van der Waals surface area (Å²) in [6.45, 7) is 3.78. The molecule has 8 nitrogen and oxygen atoms in total. The second-order valence-corrected chi connectivity index (χ2v) is 9.06. The summed E-state index contributed by atoms with van der Waals surface area (Å²) in [6, 6.07) is 13.2. The van der Waals surface area contributed by atoms with Gasteiger partial charge in [-0.05, 0) is 31.3 Å². The van der Waals surface area contributed by atoms with Gasteiger partial charge in [0.05, 0.1) is 28.0 Å². The molecule has 1 aliphatic heterocycles. The lowest BCUT2D eigenvalue weighted by Crippen LogP contribution is -2.44. The molecule has 1 aliphatic rings. The fourth-order valence-corrected chi connectivity index (χ4v) is 4.57. The maximum absolute atomic E-state index is 12.0.